The van der Waals surface area contributed by atoms with E-state index in [2.05, 4.69) is 26.0 Å². The highest BCUT2D eigenvalue weighted by molar-refractivity contribution is 5.76. The monoisotopic (exact) mass is 221 g/mol. The topological polar surface area (TPSA) is 20.3 Å². The second-order valence-electron chi connectivity index (χ2n) is 5.91. The number of amides is 1. The quantitative estimate of drug-likeness (QED) is 0.668. The summed E-state index contributed by atoms with van der Waals surface area (Å²) >= 11 is 0. The second kappa shape index (κ2) is 4.60. The molecule has 0 aromatic carbocycles. The molecule has 0 aromatic rings. The van der Waals surface area contributed by atoms with E-state index in [9.17, 15) is 4.79 Å². The first-order chi connectivity index (χ1) is 7.56. The number of nitrogens with zero attached hydrogens (tertiary/aromatic N) is 1. The van der Waals surface area contributed by atoms with Gasteiger partial charge in [-0.1, -0.05) is 26.0 Å². The molecule has 2 bridgehead atoms. The summed E-state index contributed by atoms with van der Waals surface area (Å²) in [6.45, 7) is 5.20. The summed E-state index contributed by atoms with van der Waals surface area (Å²) in [4.78, 5) is 13.9. The van der Waals surface area contributed by atoms with Gasteiger partial charge in [0, 0.05) is 20.0 Å². The Morgan fingerprint density at radius 2 is 2.12 bits per heavy atom. The Morgan fingerprint density at radius 3 is 2.62 bits per heavy atom. The molecule has 2 aliphatic carbocycles. The fourth-order valence-corrected chi connectivity index (χ4v) is 3.16. The van der Waals surface area contributed by atoms with E-state index < -0.39 is 0 Å². The van der Waals surface area contributed by atoms with Gasteiger partial charge in [0.1, 0.15) is 0 Å². The molecule has 1 amide bonds. The van der Waals surface area contributed by atoms with Crippen molar-refractivity contribution < 1.29 is 4.79 Å². The second-order valence-corrected chi connectivity index (χ2v) is 5.91. The van der Waals surface area contributed by atoms with Gasteiger partial charge in [-0.05, 0) is 36.5 Å². The lowest BCUT2D eigenvalue weighted by Gasteiger charge is -2.23. The molecule has 0 radical (unpaired) electrons. The first kappa shape index (κ1) is 11.7. The lowest BCUT2D eigenvalue weighted by molar-refractivity contribution is -0.131. The van der Waals surface area contributed by atoms with E-state index in [0.29, 0.717) is 23.7 Å². The number of carbonyl (C=O) groups is 1. The molecule has 2 aliphatic rings. The standard InChI is InChI=1S/C14H23NO/c1-10(2)9-15(3)14(16)8-13-7-11-4-5-12(13)6-11/h4-5,10-13H,6-9H2,1-3H3. The van der Waals surface area contributed by atoms with Gasteiger partial charge in [-0.2, -0.15) is 0 Å². The summed E-state index contributed by atoms with van der Waals surface area (Å²) < 4.78 is 0. The highest BCUT2D eigenvalue weighted by Gasteiger charge is 2.36. The van der Waals surface area contributed by atoms with Crippen LogP contribution >= 0.6 is 0 Å². The molecule has 2 nitrogen and oxygen atoms in total. The molecule has 3 unspecified atom stereocenters. The minimum atomic E-state index is 0.333. The summed E-state index contributed by atoms with van der Waals surface area (Å²) in [6, 6.07) is 0. The lowest BCUT2D eigenvalue weighted by Crippen LogP contribution is -2.32. The van der Waals surface area contributed by atoms with Crippen LogP contribution in [0.1, 0.15) is 33.1 Å². The molecular weight excluding hydrogens is 198 g/mol. The molecule has 16 heavy (non-hydrogen) atoms. The first-order valence-electron chi connectivity index (χ1n) is 6.48. The van der Waals surface area contributed by atoms with Gasteiger partial charge in [0.2, 0.25) is 5.91 Å². The van der Waals surface area contributed by atoms with Gasteiger partial charge in [0.25, 0.3) is 0 Å². The summed E-state index contributed by atoms with van der Waals surface area (Å²) in [5.41, 5.74) is 0. The Morgan fingerprint density at radius 1 is 1.38 bits per heavy atom. The van der Waals surface area contributed by atoms with E-state index >= 15 is 0 Å². The Bertz CT molecular complexity index is 295. The smallest absolute Gasteiger partial charge is 0.222 e. The molecule has 0 saturated heterocycles. The van der Waals surface area contributed by atoms with E-state index in [4.69, 9.17) is 0 Å². The molecular formula is C14H23NO. The minimum absolute atomic E-state index is 0.333. The highest BCUT2D eigenvalue weighted by Crippen LogP contribution is 2.44. The summed E-state index contributed by atoms with van der Waals surface area (Å²) in [6.07, 6.45) is 7.96. The molecule has 0 aromatic heterocycles. The Balaban J connectivity index is 1.81. The van der Waals surface area contributed by atoms with Gasteiger partial charge in [0.05, 0.1) is 0 Å². The predicted octanol–water partition coefficient (Wildman–Crippen LogP) is 2.70. The van der Waals surface area contributed by atoms with Crippen LogP contribution in [0.4, 0.5) is 0 Å². The molecule has 1 fully saturated rings. The van der Waals surface area contributed by atoms with Crippen molar-refractivity contribution >= 4 is 5.91 Å². The van der Waals surface area contributed by atoms with Gasteiger partial charge in [0.15, 0.2) is 0 Å². The van der Waals surface area contributed by atoms with Crippen LogP contribution in [0.2, 0.25) is 0 Å². The van der Waals surface area contributed by atoms with Gasteiger partial charge in [-0.3, -0.25) is 4.79 Å². The van der Waals surface area contributed by atoms with Gasteiger partial charge in [-0.15, -0.1) is 0 Å². The molecule has 2 heteroatoms. The maximum atomic E-state index is 12.0. The largest absolute Gasteiger partial charge is 0.345 e. The van der Waals surface area contributed by atoms with E-state index in [1.54, 1.807) is 0 Å². The Labute approximate surface area is 98.7 Å². The van der Waals surface area contributed by atoms with Crippen molar-refractivity contribution in [3.8, 4) is 0 Å². The van der Waals surface area contributed by atoms with Crippen LogP contribution in [0, 0.1) is 23.7 Å². The van der Waals surface area contributed by atoms with Crippen LogP contribution in [0.5, 0.6) is 0 Å². The van der Waals surface area contributed by atoms with Crippen molar-refractivity contribution in [2.45, 2.75) is 33.1 Å². The fourth-order valence-electron chi connectivity index (χ4n) is 3.16. The van der Waals surface area contributed by atoms with Crippen molar-refractivity contribution in [3.05, 3.63) is 12.2 Å². The fraction of sp³-hybridized carbons (Fsp3) is 0.786. The van der Waals surface area contributed by atoms with E-state index in [-0.39, 0.29) is 0 Å². The van der Waals surface area contributed by atoms with Gasteiger partial charge >= 0.3 is 0 Å². The molecule has 0 heterocycles. The number of allylic oxidation sites excluding steroid dienone is 2. The first-order valence-corrected chi connectivity index (χ1v) is 6.48. The van der Waals surface area contributed by atoms with Crippen LogP contribution in [0.3, 0.4) is 0 Å². The number of hydrogen-bond donors (Lipinski definition) is 0. The molecule has 3 atom stereocenters. The van der Waals surface area contributed by atoms with Crippen molar-refractivity contribution in [1.29, 1.82) is 0 Å². The average Bonchev–Trinajstić information content (AvgIpc) is 2.77. The van der Waals surface area contributed by atoms with Crippen LogP contribution in [-0.2, 0) is 4.79 Å². The third kappa shape index (κ3) is 2.47. The van der Waals surface area contributed by atoms with Crippen molar-refractivity contribution in [2.24, 2.45) is 23.7 Å². The Kier molecular flexibility index (Phi) is 3.36. The SMILES string of the molecule is CC(C)CN(C)C(=O)CC1CC2C=CC1C2. The zero-order valence-electron chi connectivity index (χ0n) is 10.6. The van der Waals surface area contributed by atoms with Gasteiger partial charge in [-0.25, -0.2) is 0 Å². The zero-order valence-corrected chi connectivity index (χ0v) is 10.6. The normalized spacial score (nSPS) is 31.4. The average molecular weight is 221 g/mol. The number of rotatable bonds is 4. The maximum Gasteiger partial charge on any atom is 0.222 e. The third-order valence-electron chi connectivity index (χ3n) is 3.92. The molecule has 90 valence electrons. The summed E-state index contributed by atoms with van der Waals surface area (Å²) in [5, 5.41) is 0. The van der Waals surface area contributed by atoms with Gasteiger partial charge < -0.3 is 4.90 Å². The van der Waals surface area contributed by atoms with Crippen LogP contribution in [-0.4, -0.2) is 24.4 Å². The van der Waals surface area contributed by atoms with Crippen molar-refractivity contribution in [3.63, 3.8) is 0 Å². The number of carbonyl (C=O) groups excluding carboxylic acids is 1. The zero-order chi connectivity index (χ0) is 11.7. The van der Waals surface area contributed by atoms with Crippen LogP contribution in [0.25, 0.3) is 0 Å². The minimum Gasteiger partial charge on any atom is -0.345 e. The van der Waals surface area contributed by atoms with E-state index in [1.165, 1.54) is 12.8 Å². The molecule has 0 spiro atoms. The summed E-state index contributed by atoms with van der Waals surface area (Å²) in [7, 11) is 1.94. The number of hydrogen-bond acceptors (Lipinski definition) is 1. The highest BCUT2D eigenvalue weighted by atomic mass is 16.2. The lowest BCUT2D eigenvalue weighted by atomic mass is 9.90. The van der Waals surface area contributed by atoms with E-state index in [0.717, 1.165) is 18.9 Å². The molecule has 0 aliphatic heterocycles. The molecule has 2 rings (SSSR count). The number of fused-ring (bicyclic) bond motifs is 2. The summed E-state index contributed by atoms with van der Waals surface area (Å²) in [5.74, 6) is 2.99. The van der Waals surface area contributed by atoms with E-state index in [1.807, 2.05) is 11.9 Å². The molecule has 1 saturated carbocycles. The maximum absolute atomic E-state index is 12.0. The van der Waals surface area contributed by atoms with Crippen molar-refractivity contribution in [2.75, 3.05) is 13.6 Å². The van der Waals surface area contributed by atoms with Crippen LogP contribution < -0.4 is 0 Å². The Hall–Kier alpha value is -0.790. The predicted molar refractivity (Wildman–Crippen MR) is 65.9 cm³/mol. The third-order valence-corrected chi connectivity index (χ3v) is 3.92. The van der Waals surface area contributed by atoms with Crippen molar-refractivity contribution in [1.82, 2.24) is 4.90 Å². The molecule has 0 N–H and O–H groups in total. The van der Waals surface area contributed by atoms with Crippen LogP contribution in [0.15, 0.2) is 12.2 Å².